The van der Waals surface area contributed by atoms with Crippen LogP contribution in [0.1, 0.15) is 25.7 Å². The molecule has 0 aromatic heterocycles. The molecule has 80 valence electrons. The molecule has 1 saturated carbocycles. The van der Waals surface area contributed by atoms with Gasteiger partial charge in [0.2, 0.25) is 0 Å². The molecule has 1 fully saturated rings. The van der Waals surface area contributed by atoms with E-state index in [-0.39, 0.29) is 0 Å². The molecular formula is C12H21ClSi. The fourth-order valence-corrected chi connectivity index (χ4v) is 4.46. The Morgan fingerprint density at radius 1 is 1.29 bits per heavy atom. The maximum Gasteiger partial charge on any atom is 0.150 e. The van der Waals surface area contributed by atoms with E-state index in [2.05, 4.69) is 25.2 Å². The Labute approximate surface area is 93.4 Å². The van der Waals surface area contributed by atoms with E-state index in [1.807, 2.05) is 0 Å². The number of fused-ring (bicyclic) bond motifs is 2. The van der Waals surface area contributed by atoms with Crippen LogP contribution in [0.5, 0.6) is 0 Å². The Morgan fingerprint density at radius 3 is 2.57 bits per heavy atom. The Kier molecular flexibility index (Phi) is 3.08. The van der Waals surface area contributed by atoms with Crippen molar-refractivity contribution in [3.8, 4) is 0 Å². The van der Waals surface area contributed by atoms with Crippen LogP contribution in [0, 0.1) is 17.8 Å². The summed E-state index contributed by atoms with van der Waals surface area (Å²) in [7, 11) is -1.30. The zero-order valence-electron chi connectivity index (χ0n) is 9.30. The second kappa shape index (κ2) is 4.01. The highest BCUT2D eigenvalue weighted by atomic mass is 35.6. The topological polar surface area (TPSA) is 0 Å². The van der Waals surface area contributed by atoms with Crippen LogP contribution in [-0.2, 0) is 0 Å². The third-order valence-corrected chi connectivity index (χ3v) is 5.87. The molecule has 0 amide bonds. The van der Waals surface area contributed by atoms with Gasteiger partial charge in [-0.3, -0.25) is 0 Å². The van der Waals surface area contributed by atoms with E-state index in [0.717, 1.165) is 17.8 Å². The van der Waals surface area contributed by atoms with Crippen molar-refractivity contribution in [1.82, 2.24) is 0 Å². The summed E-state index contributed by atoms with van der Waals surface area (Å²) < 4.78 is 0. The average Bonchev–Trinajstić information content (AvgIpc) is 2.62. The zero-order valence-corrected chi connectivity index (χ0v) is 11.1. The Balaban J connectivity index is 1.70. The predicted octanol–water partition coefficient (Wildman–Crippen LogP) is 4.42. The van der Waals surface area contributed by atoms with Gasteiger partial charge in [0, 0.05) is 0 Å². The third kappa shape index (κ3) is 2.63. The van der Waals surface area contributed by atoms with Crippen LogP contribution in [0.3, 0.4) is 0 Å². The summed E-state index contributed by atoms with van der Waals surface area (Å²) in [4.78, 5) is 0. The van der Waals surface area contributed by atoms with Crippen molar-refractivity contribution in [3.05, 3.63) is 12.2 Å². The fraction of sp³-hybridized carbons (Fsp3) is 0.833. The van der Waals surface area contributed by atoms with E-state index in [1.165, 1.54) is 31.7 Å². The molecule has 2 rings (SSSR count). The number of hydrogen-bond acceptors (Lipinski definition) is 0. The molecule has 3 atom stereocenters. The number of hydrogen-bond donors (Lipinski definition) is 0. The molecule has 2 aliphatic carbocycles. The molecule has 3 unspecified atom stereocenters. The normalized spacial score (nSPS) is 35.5. The monoisotopic (exact) mass is 228 g/mol. The maximum atomic E-state index is 6.32. The van der Waals surface area contributed by atoms with Crippen LogP contribution in [0.4, 0.5) is 0 Å². The Hall–Kier alpha value is 0.247. The van der Waals surface area contributed by atoms with Gasteiger partial charge in [0.05, 0.1) is 0 Å². The van der Waals surface area contributed by atoms with Crippen LogP contribution in [0.15, 0.2) is 12.2 Å². The predicted molar refractivity (Wildman–Crippen MR) is 66.2 cm³/mol. The molecule has 0 N–H and O–H groups in total. The lowest BCUT2D eigenvalue weighted by Gasteiger charge is -2.19. The highest BCUT2D eigenvalue weighted by Gasteiger charge is 2.35. The number of rotatable bonds is 4. The van der Waals surface area contributed by atoms with Gasteiger partial charge >= 0.3 is 0 Å². The summed E-state index contributed by atoms with van der Waals surface area (Å²) in [6.07, 6.45) is 10.6. The molecule has 0 spiro atoms. The molecular weight excluding hydrogens is 208 g/mol. The summed E-state index contributed by atoms with van der Waals surface area (Å²) in [5.41, 5.74) is 0. The lowest BCUT2D eigenvalue weighted by molar-refractivity contribution is 0.411. The smallest absolute Gasteiger partial charge is 0.150 e. The zero-order chi connectivity index (χ0) is 10.2. The highest BCUT2D eigenvalue weighted by Crippen LogP contribution is 2.45. The maximum absolute atomic E-state index is 6.32. The van der Waals surface area contributed by atoms with E-state index in [4.69, 9.17) is 11.1 Å². The molecule has 0 aliphatic heterocycles. The summed E-state index contributed by atoms with van der Waals surface area (Å²) in [5, 5.41) is 0. The van der Waals surface area contributed by atoms with E-state index in [0.29, 0.717) is 0 Å². The molecule has 0 aromatic rings. The molecule has 0 heterocycles. The highest BCUT2D eigenvalue weighted by molar-refractivity contribution is 7.19. The summed E-state index contributed by atoms with van der Waals surface area (Å²) in [6, 6.07) is 1.30. The van der Waals surface area contributed by atoms with Crippen molar-refractivity contribution in [1.29, 1.82) is 0 Å². The van der Waals surface area contributed by atoms with Crippen LogP contribution in [0.2, 0.25) is 19.1 Å². The van der Waals surface area contributed by atoms with Crippen molar-refractivity contribution >= 4 is 18.5 Å². The Morgan fingerprint density at radius 2 is 2.07 bits per heavy atom. The summed E-state index contributed by atoms with van der Waals surface area (Å²) in [5.74, 6) is 2.87. The van der Waals surface area contributed by atoms with Crippen molar-refractivity contribution < 1.29 is 0 Å². The molecule has 0 nitrogen and oxygen atoms in total. The minimum absolute atomic E-state index is 0.931. The SMILES string of the molecule is C[Si](C)(Cl)CCCC1CC2C=CC1C2. The van der Waals surface area contributed by atoms with Crippen molar-refractivity contribution in [2.45, 2.75) is 44.8 Å². The van der Waals surface area contributed by atoms with Crippen LogP contribution in [-0.4, -0.2) is 7.38 Å². The van der Waals surface area contributed by atoms with Gasteiger partial charge in [0.1, 0.15) is 7.38 Å². The van der Waals surface area contributed by atoms with E-state index < -0.39 is 7.38 Å². The molecule has 2 aliphatic rings. The molecule has 2 bridgehead atoms. The van der Waals surface area contributed by atoms with Gasteiger partial charge in [-0.15, -0.1) is 0 Å². The number of allylic oxidation sites excluding steroid dienone is 2. The first-order chi connectivity index (χ1) is 6.54. The van der Waals surface area contributed by atoms with Crippen LogP contribution in [0.25, 0.3) is 0 Å². The quantitative estimate of drug-likeness (QED) is 0.380. The molecule has 2 heteroatoms. The Bertz CT molecular complexity index is 229. The van der Waals surface area contributed by atoms with Crippen LogP contribution < -0.4 is 0 Å². The van der Waals surface area contributed by atoms with Gasteiger partial charge in [-0.1, -0.05) is 38.1 Å². The van der Waals surface area contributed by atoms with Gasteiger partial charge in [0.15, 0.2) is 0 Å². The summed E-state index contributed by atoms with van der Waals surface area (Å²) >= 11 is 6.32. The van der Waals surface area contributed by atoms with Gasteiger partial charge < -0.3 is 0 Å². The molecule has 0 aromatic carbocycles. The molecule has 0 saturated heterocycles. The van der Waals surface area contributed by atoms with E-state index in [1.54, 1.807) is 0 Å². The lowest BCUT2D eigenvalue weighted by Crippen LogP contribution is -2.16. The first-order valence-electron chi connectivity index (χ1n) is 5.92. The first kappa shape index (κ1) is 10.8. The third-order valence-electron chi connectivity index (χ3n) is 3.76. The van der Waals surface area contributed by atoms with E-state index >= 15 is 0 Å². The lowest BCUT2D eigenvalue weighted by atomic mass is 9.90. The number of halogens is 1. The van der Waals surface area contributed by atoms with Crippen molar-refractivity contribution in [3.63, 3.8) is 0 Å². The van der Waals surface area contributed by atoms with E-state index in [9.17, 15) is 0 Å². The largest absolute Gasteiger partial charge is 0.168 e. The standard InChI is InChI=1S/C12H21ClSi/c1-14(2,13)7-3-4-11-8-10-5-6-12(11)9-10/h5-6,10-12H,3-4,7-9H2,1-2H3. The van der Waals surface area contributed by atoms with Gasteiger partial charge in [0.25, 0.3) is 0 Å². The van der Waals surface area contributed by atoms with Crippen LogP contribution >= 0.6 is 11.1 Å². The summed E-state index contributed by atoms with van der Waals surface area (Å²) in [6.45, 7) is 4.52. The van der Waals surface area contributed by atoms with Gasteiger partial charge in [-0.2, -0.15) is 11.1 Å². The fourth-order valence-electron chi connectivity index (χ4n) is 3.01. The second-order valence-electron chi connectivity index (χ2n) is 5.65. The second-order valence-corrected chi connectivity index (χ2v) is 12.7. The average molecular weight is 229 g/mol. The minimum Gasteiger partial charge on any atom is -0.168 e. The van der Waals surface area contributed by atoms with Crippen molar-refractivity contribution in [2.75, 3.05) is 0 Å². The minimum atomic E-state index is -1.30. The molecule has 0 radical (unpaired) electrons. The molecule has 14 heavy (non-hydrogen) atoms. The van der Waals surface area contributed by atoms with Gasteiger partial charge in [-0.05, 0) is 36.6 Å². The van der Waals surface area contributed by atoms with Gasteiger partial charge in [-0.25, -0.2) is 0 Å². The first-order valence-corrected chi connectivity index (χ1v) is 10.1. The van der Waals surface area contributed by atoms with Crippen molar-refractivity contribution in [2.24, 2.45) is 17.8 Å².